The first-order valence-corrected chi connectivity index (χ1v) is 16.1. The lowest BCUT2D eigenvalue weighted by molar-refractivity contribution is -0.669. The third-order valence-corrected chi connectivity index (χ3v) is 9.55. The Morgan fingerprint density at radius 1 is 1.24 bits per heavy atom. The molecule has 2 aromatic carbocycles. The average molecular weight is 656 g/mol. The van der Waals surface area contributed by atoms with Crippen molar-refractivity contribution in [2.24, 2.45) is 0 Å². The van der Waals surface area contributed by atoms with Crippen molar-refractivity contribution in [1.82, 2.24) is 19.2 Å². The van der Waals surface area contributed by atoms with E-state index in [2.05, 4.69) is 9.88 Å². The van der Waals surface area contributed by atoms with Crippen LogP contribution in [0, 0.1) is 0 Å². The molecule has 0 saturated carbocycles. The van der Waals surface area contributed by atoms with Crippen LogP contribution in [0.5, 0.6) is 0 Å². The van der Waals surface area contributed by atoms with E-state index in [0.717, 1.165) is 51.4 Å². The first-order chi connectivity index (χ1) is 21.6. The molecule has 45 heavy (non-hydrogen) atoms. The molecule has 0 bridgehead atoms. The van der Waals surface area contributed by atoms with Crippen molar-refractivity contribution in [2.75, 3.05) is 24.3 Å². The summed E-state index contributed by atoms with van der Waals surface area (Å²) in [5.41, 5.74) is 2.61. The van der Waals surface area contributed by atoms with Crippen molar-refractivity contribution < 1.29 is 31.5 Å². The molecule has 5 aromatic rings. The second-order valence-corrected chi connectivity index (χ2v) is 12.6. The van der Waals surface area contributed by atoms with E-state index in [1.807, 2.05) is 43.3 Å². The van der Waals surface area contributed by atoms with Gasteiger partial charge in [0, 0.05) is 40.0 Å². The molecule has 0 fully saturated rings. The lowest BCUT2D eigenvalue weighted by Crippen LogP contribution is -2.46. The summed E-state index contributed by atoms with van der Waals surface area (Å²) in [7, 11) is -1.10. The zero-order chi connectivity index (χ0) is 31.5. The van der Waals surface area contributed by atoms with Crippen molar-refractivity contribution in [2.45, 2.75) is 38.5 Å². The number of nitrogens with one attached hydrogen (secondary N) is 1. The summed E-state index contributed by atoms with van der Waals surface area (Å²) < 4.78 is 63.2. The van der Waals surface area contributed by atoms with Crippen molar-refractivity contribution >= 4 is 67.3 Å². The van der Waals surface area contributed by atoms with Gasteiger partial charge in [0.25, 0.3) is 11.7 Å². The van der Waals surface area contributed by atoms with E-state index in [1.54, 1.807) is 14.5 Å². The summed E-state index contributed by atoms with van der Waals surface area (Å²) in [6.07, 6.45) is 0.479. The number of hydrogen-bond acceptors (Lipinski definition) is 5. The number of benzene rings is 2. The highest BCUT2D eigenvalue weighted by atomic mass is 35.5. The van der Waals surface area contributed by atoms with Gasteiger partial charge in [-0.3, -0.25) is 9.00 Å². The van der Waals surface area contributed by atoms with Crippen LogP contribution in [-0.4, -0.2) is 48.2 Å². The van der Waals surface area contributed by atoms with Gasteiger partial charge in [-0.15, -0.1) is 0 Å². The predicted molar refractivity (Wildman–Crippen MR) is 165 cm³/mol. The molecule has 5 heterocycles. The predicted octanol–water partition coefficient (Wildman–Crippen LogP) is 5.62. The Kier molecular flexibility index (Phi) is 7.49. The maximum Gasteiger partial charge on any atom is 0.427 e. The second-order valence-electron chi connectivity index (χ2n) is 10.9. The maximum atomic E-state index is 13.5. The molecule has 0 saturated heterocycles. The van der Waals surface area contributed by atoms with Crippen LogP contribution in [0.1, 0.15) is 36.5 Å². The van der Waals surface area contributed by atoms with Gasteiger partial charge in [-0.2, -0.15) is 13.2 Å². The highest BCUT2D eigenvalue weighted by molar-refractivity contribution is 7.88. The highest BCUT2D eigenvalue weighted by Gasteiger charge is 2.34. The Bertz CT molecular complexity index is 2100. The number of hydrogen-bond donors (Lipinski definition) is 1. The van der Waals surface area contributed by atoms with Crippen LogP contribution >= 0.6 is 11.6 Å². The monoisotopic (exact) mass is 655 g/mol. The normalized spacial score (nSPS) is 18.7. The van der Waals surface area contributed by atoms with E-state index >= 15 is 0 Å². The van der Waals surface area contributed by atoms with Crippen LogP contribution in [0.15, 0.2) is 60.0 Å². The molecule has 7 rings (SSSR count). The van der Waals surface area contributed by atoms with Crippen LogP contribution < -0.4 is 9.88 Å². The lowest BCUT2D eigenvalue weighted by Gasteiger charge is -2.14. The zero-order valence-corrected chi connectivity index (χ0v) is 25.5. The summed E-state index contributed by atoms with van der Waals surface area (Å²) in [6.45, 7) is 2.76. The number of carbonyl (C=O) groups excluding carboxylic acids is 1. The van der Waals surface area contributed by atoms with E-state index in [9.17, 15) is 22.2 Å². The minimum Gasteiger partial charge on any atom is -0.377 e. The molecule has 14 heteroatoms. The summed E-state index contributed by atoms with van der Waals surface area (Å²) in [4.78, 5) is 18.5. The number of carbonyl (C=O) groups is 1. The van der Waals surface area contributed by atoms with Gasteiger partial charge in [-0.25, -0.2) is 4.57 Å². The van der Waals surface area contributed by atoms with Gasteiger partial charge in [0.1, 0.15) is 0 Å². The molecule has 0 aliphatic carbocycles. The molecule has 2 aliphatic heterocycles. The van der Waals surface area contributed by atoms with Gasteiger partial charge in [0.15, 0.2) is 6.54 Å². The number of aryl methyl sites for hydroxylation is 1. The Labute approximate surface area is 262 Å². The number of ether oxygens (including phenoxy) is 1. The number of halogens is 4. The molecule has 2 unspecified atom stereocenters. The molecule has 2 atom stereocenters. The highest BCUT2D eigenvalue weighted by Crippen LogP contribution is 2.37. The Balaban J connectivity index is 1.43. The van der Waals surface area contributed by atoms with E-state index in [4.69, 9.17) is 26.4 Å². The summed E-state index contributed by atoms with van der Waals surface area (Å²) >= 11 is 6.15. The summed E-state index contributed by atoms with van der Waals surface area (Å²) in [5.74, 6) is 0.856. The third kappa shape index (κ3) is 5.22. The smallest absolute Gasteiger partial charge is 0.377 e. The molecule has 0 spiro atoms. The number of para-hydroxylation sites is 1. The van der Waals surface area contributed by atoms with Crippen LogP contribution in [0.4, 0.5) is 18.9 Å². The van der Waals surface area contributed by atoms with Gasteiger partial charge < -0.3 is 14.6 Å². The number of aromatic nitrogens is 5. The Morgan fingerprint density at radius 3 is 2.76 bits per heavy atom. The summed E-state index contributed by atoms with van der Waals surface area (Å²) in [6, 6.07) is 10.6. The van der Waals surface area contributed by atoms with E-state index < -0.39 is 28.4 Å². The molecule has 3 aromatic heterocycles. The summed E-state index contributed by atoms with van der Waals surface area (Å²) in [5, 5.41) is 10.9. The number of fused-ring (bicyclic) bond motifs is 5. The molecular weight excluding hydrogens is 629 g/mol. The number of anilines is 1. The number of allylic oxidation sites excluding steroid dienone is 1. The van der Waals surface area contributed by atoms with Crippen molar-refractivity contribution in [3.63, 3.8) is 0 Å². The number of alkyl halides is 3. The van der Waals surface area contributed by atoms with Crippen LogP contribution in [0.3, 0.4) is 0 Å². The minimum atomic E-state index is -4.56. The van der Waals surface area contributed by atoms with Crippen molar-refractivity contribution in [1.29, 1.82) is 0 Å². The Morgan fingerprint density at radius 2 is 2.07 bits per heavy atom. The van der Waals surface area contributed by atoms with Gasteiger partial charge in [0.05, 0.1) is 57.9 Å². The first-order valence-electron chi connectivity index (χ1n) is 14.4. The SMILES string of the molecule is CCc1c2c3ccccc3n(C3C=CS(=O)C3)c2n2nc(C3=CCOCC3)nc2[n+]1CC(=O)Nc1ccc(C(F)(F)F)cc1Cl. The molecule has 2 aliphatic rings. The minimum absolute atomic E-state index is 0.0672. The van der Waals surface area contributed by atoms with Gasteiger partial charge in [-0.05, 0) is 29.2 Å². The van der Waals surface area contributed by atoms with Crippen LogP contribution in [0.25, 0.3) is 33.3 Å². The van der Waals surface area contributed by atoms with Crippen LogP contribution in [-0.2, 0) is 39.5 Å². The fourth-order valence-corrected chi connectivity index (χ4v) is 7.39. The van der Waals surface area contributed by atoms with Crippen LogP contribution in [0.2, 0.25) is 5.02 Å². The quantitative estimate of drug-likeness (QED) is 0.240. The second kappa shape index (κ2) is 11.4. The molecule has 1 N–H and O–H groups in total. The number of nitrogens with zero attached hydrogens (tertiary/aromatic N) is 5. The number of rotatable bonds is 6. The molecular formula is C31H27ClF3N6O3S+. The van der Waals surface area contributed by atoms with E-state index in [1.165, 1.54) is 0 Å². The molecule has 1 amide bonds. The van der Waals surface area contributed by atoms with E-state index in [0.29, 0.717) is 43.4 Å². The topological polar surface area (TPSA) is 94.4 Å². The zero-order valence-electron chi connectivity index (χ0n) is 24.0. The Hall–Kier alpha value is -4.07. The molecule has 232 valence electrons. The fraction of sp³-hybridized carbons (Fsp3) is 0.290. The van der Waals surface area contributed by atoms with Crippen molar-refractivity contribution in [3.05, 3.63) is 82.1 Å². The molecule has 0 radical (unpaired) electrons. The number of amides is 1. The standard InChI is InChI=1S/C31H26ClF3N6O3S/c1-2-24-27-21-5-3-4-6-25(21)40(20-11-14-45(43)17-20)29(27)41-30(37-28(38-41)18-9-12-44-13-10-18)39(24)16-26(42)36-23-8-7-19(15-22(23)32)31(33,34)35/h3-9,11,14-15,20H,2,10,12-13,16-17H2,1H3/p+1. The largest absolute Gasteiger partial charge is 0.427 e. The van der Waals surface area contributed by atoms with E-state index in [-0.39, 0.29) is 23.3 Å². The van der Waals surface area contributed by atoms with Gasteiger partial charge >= 0.3 is 12.0 Å². The average Bonchev–Trinajstić information content (AvgIpc) is 3.74. The molecule has 9 nitrogen and oxygen atoms in total. The van der Waals surface area contributed by atoms with Gasteiger partial charge in [0.2, 0.25) is 5.65 Å². The van der Waals surface area contributed by atoms with Crippen molar-refractivity contribution in [3.8, 4) is 0 Å². The third-order valence-electron chi connectivity index (χ3n) is 8.11. The first kappa shape index (κ1) is 29.6. The maximum absolute atomic E-state index is 13.5. The fourth-order valence-electron chi connectivity index (χ4n) is 6.10. The lowest BCUT2D eigenvalue weighted by atomic mass is 10.1. The van der Waals surface area contributed by atoms with Gasteiger partial charge in [-0.1, -0.05) is 58.5 Å².